The van der Waals surface area contributed by atoms with E-state index in [1.165, 1.54) is 77.0 Å². The van der Waals surface area contributed by atoms with Crippen LogP contribution in [0.5, 0.6) is 0 Å². The number of carbonyl (C=O) groups excluding carboxylic acids is 2. The van der Waals surface area contributed by atoms with Crippen LogP contribution in [-0.4, -0.2) is 82.6 Å². The Morgan fingerprint density at radius 3 is 1.75 bits per heavy atom. The minimum Gasteiger partial charge on any atom is -0.462 e. The van der Waals surface area contributed by atoms with Crippen LogP contribution in [0.15, 0.2) is 36.5 Å². The Balaban J connectivity index is 2.39. The molecule has 350 valence electrons. The lowest BCUT2D eigenvalue weighted by Gasteiger charge is -2.20. The summed E-state index contributed by atoms with van der Waals surface area (Å²) in [6.45, 7) is 3.98. The maximum Gasteiger partial charge on any atom is 0.472 e. The number of phosphoric acid groups is 2. The van der Waals surface area contributed by atoms with Crippen LogP contribution in [0.1, 0.15) is 175 Å². The number of unbranched alkanes of at least 4 members (excludes halogenated alkanes) is 15. The van der Waals surface area contributed by atoms with Gasteiger partial charge in [-0.1, -0.05) is 147 Å². The lowest BCUT2D eigenvalue weighted by atomic mass is 10.0. The van der Waals surface area contributed by atoms with Gasteiger partial charge in [-0.15, -0.1) is 0 Å². The van der Waals surface area contributed by atoms with Crippen molar-refractivity contribution in [3.8, 4) is 0 Å². The third-order valence-corrected chi connectivity index (χ3v) is 11.3. The number of phosphoric ester groups is 2. The van der Waals surface area contributed by atoms with Crippen LogP contribution in [0.25, 0.3) is 0 Å². The van der Waals surface area contributed by atoms with E-state index in [-0.39, 0.29) is 25.0 Å². The number of allylic oxidation sites excluding steroid dienone is 4. The maximum atomic E-state index is 12.7. The average molecular weight is 895 g/mol. The summed E-state index contributed by atoms with van der Waals surface area (Å²) in [5, 5.41) is 9.76. The maximum absolute atomic E-state index is 12.7. The Hall–Kier alpha value is -1.70. The molecular weight excluding hydrogens is 814 g/mol. The predicted molar refractivity (Wildman–Crippen MR) is 234 cm³/mol. The Morgan fingerprint density at radius 2 is 1.13 bits per heavy atom. The van der Waals surface area contributed by atoms with Gasteiger partial charge in [-0.05, 0) is 57.3 Å². The molecule has 0 amide bonds. The molecule has 0 aromatic carbocycles. The van der Waals surface area contributed by atoms with Crippen molar-refractivity contribution < 1.29 is 66.3 Å². The molecule has 0 radical (unpaired) electrons. The molecule has 1 aliphatic heterocycles. The molecule has 1 fully saturated rings. The first kappa shape index (κ1) is 56.3. The first-order valence-electron chi connectivity index (χ1n) is 22.7. The van der Waals surface area contributed by atoms with Crippen molar-refractivity contribution in [3.05, 3.63) is 36.5 Å². The molecule has 0 aromatic rings. The molecule has 3 unspecified atom stereocenters. The molecule has 60 heavy (non-hydrogen) atoms. The number of aliphatic hydroxyl groups is 1. The van der Waals surface area contributed by atoms with E-state index in [1.54, 1.807) is 0 Å². The highest BCUT2D eigenvalue weighted by Gasteiger charge is 2.36. The normalized spacial score (nSPS) is 17.8. The molecule has 1 aliphatic rings. The van der Waals surface area contributed by atoms with Crippen molar-refractivity contribution in [2.24, 2.45) is 5.92 Å². The quantitative estimate of drug-likeness (QED) is 0.0148. The fourth-order valence-corrected chi connectivity index (χ4v) is 7.43. The second-order valence-electron chi connectivity index (χ2n) is 16.2. The summed E-state index contributed by atoms with van der Waals surface area (Å²) >= 11 is 0. The van der Waals surface area contributed by atoms with Gasteiger partial charge in [-0.2, -0.15) is 0 Å². The zero-order valence-electron chi connectivity index (χ0n) is 36.9. The predicted octanol–water partition coefficient (Wildman–Crippen LogP) is 10.5. The number of esters is 2. The molecule has 5 atom stereocenters. The largest absolute Gasteiger partial charge is 0.472 e. The van der Waals surface area contributed by atoms with E-state index in [0.29, 0.717) is 19.3 Å². The van der Waals surface area contributed by atoms with Crippen molar-refractivity contribution in [1.29, 1.82) is 0 Å². The molecule has 1 saturated heterocycles. The molecule has 14 nitrogen and oxygen atoms in total. The molecule has 0 aromatic heterocycles. The summed E-state index contributed by atoms with van der Waals surface area (Å²) in [6, 6.07) is 0. The second kappa shape index (κ2) is 35.7. The minimum absolute atomic E-state index is 0.112. The number of rotatable bonds is 41. The van der Waals surface area contributed by atoms with Crippen molar-refractivity contribution in [2.75, 3.05) is 26.4 Å². The van der Waals surface area contributed by atoms with Gasteiger partial charge in [0.25, 0.3) is 0 Å². The van der Waals surface area contributed by atoms with Gasteiger partial charge in [0.15, 0.2) is 6.10 Å². The van der Waals surface area contributed by atoms with Crippen LogP contribution >= 0.6 is 15.6 Å². The third-order valence-electron chi connectivity index (χ3n) is 9.85. The molecule has 0 spiro atoms. The number of aliphatic hydroxyl groups excluding tert-OH is 1. The molecule has 1 rings (SSSR count). The van der Waals surface area contributed by atoms with Crippen LogP contribution in [0.2, 0.25) is 0 Å². The van der Waals surface area contributed by atoms with Gasteiger partial charge in [0.1, 0.15) is 12.7 Å². The van der Waals surface area contributed by atoms with Crippen LogP contribution in [-0.2, 0) is 46.5 Å². The zero-order valence-corrected chi connectivity index (χ0v) is 38.7. The third kappa shape index (κ3) is 36.9. The highest BCUT2D eigenvalue weighted by atomic mass is 31.2. The van der Waals surface area contributed by atoms with Gasteiger partial charge in [-0.3, -0.25) is 23.2 Å². The lowest BCUT2D eigenvalue weighted by molar-refractivity contribution is -0.161. The summed E-state index contributed by atoms with van der Waals surface area (Å²) in [5.74, 6) is -0.314. The monoisotopic (exact) mass is 895 g/mol. The molecule has 16 heteroatoms. The Kier molecular flexibility index (Phi) is 33.5. The second-order valence-corrected chi connectivity index (χ2v) is 18.9. The number of hydrogen-bond donors (Lipinski definition) is 4. The number of carbonyl (C=O) groups is 2. The first-order chi connectivity index (χ1) is 28.7. The zero-order chi connectivity index (χ0) is 44.3. The Labute approximate surface area is 361 Å². The fraction of sp³-hybridized carbons (Fsp3) is 0.818. The molecular formula is C44H80O14P2. The van der Waals surface area contributed by atoms with Gasteiger partial charge >= 0.3 is 27.6 Å². The molecule has 1 heterocycles. The van der Waals surface area contributed by atoms with E-state index in [0.717, 1.165) is 50.9 Å². The highest BCUT2D eigenvalue weighted by molar-refractivity contribution is 7.47. The van der Waals surface area contributed by atoms with Crippen LogP contribution in [0.4, 0.5) is 0 Å². The summed E-state index contributed by atoms with van der Waals surface area (Å²) in [6.07, 6.45) is 34.6. The summed E-state index contributed by atoms with van der Waals surface area (Å²) in [7, 11) is -9.69. The number of ether oxygens (including phenoxy) is 3. The van der Waals surface area contributed by atoms with Crippen LogP contribution in [0.3, 0.4) is 0 Å². The van der Waals surface area contributed by atoms with Crippen LogP contribution in [0, 0.1) is 5.92 Å². The number of hydrogen-bond acceptors (Lipinski definition) is 11. The SMILES string of the molecule is CCCCC/C=C\C/C=C\CC1OC1C/C=C\CCCC(=O)OC[C@H](COP(=O)(O)OC[C@@H](O)COP(=O)(O)O)OC(=O)CCCCCCCCCCCCCCC(C)C. The Morgan fingerprint density at radius 1 is 0.617 bits per heavy atom. The molecule has 0 saturated carbocycles. The average Bonchev–Trinajstić information content (AvgIpc) is 3.95. The molecule has 4 N–H and O–H groups in total. The molecule has 0 aliphatic carbocycles. The first-order valence-corrected chi connectivity index (χ1v) is 25.7. The summed E-state index contributed by atoms with van der Waals surface area (Å²) in [5.41, 5.74) is 0. The Bertz CT molecular complexity index is 1280. The van der Waals surface area contributed by atoms with E-state index < -0.39 is 66.2 Å². The van der Waals surface area contributed by atoms with E-state index in [9.17, 15) is 28.7 Å². The van der Waals surface area contributed by atoms with Crippen LogP contribution < -0.4 is 0 Å². The topological polar surface area (TPSA) is 208 Å². The van der Waals surface area contributed by atoms with Gasteiger partial charge in [-0.25, -0.2) is 9.13 Å². The molecule has 0 bridgehead atoms. The number of epoxide rings is 1. The lowest BCUT2D eigenvalue weighted by Crippen LogP contribution is -2.30. The van der Waals surface area contributed by atoms with E-state index in [4.69, 9.17) is 28.5 Å². The minimum atomic E-state index is -4.87. The van der Waals surface area contributed by atoms with Crippen molar-refractivity contribution in [1.82, 2.24) is 0 Å². The van der Waals surface area contributed by atoms with E-state index in [2.05, 4.69) is 60.2 Å². The summed E-state index contributed by atoms with van der Waals surface area (Å²) in [4.78, 5) is 52.8. The smallest absolute Gasteiger partial charge is 0.462 e. The fourth-order valence-electron chi connectivity index (χ4n) is 6.27. The van der Waals surface area contributed by atoms with Gasteiger partial charge in [0.05, 0.1) is 32.0 Å². The highest BCUT2D eigenvalue weighted by Crippen LogP contribution is 2.44. The van der Waals surface area contributed by atoms with E-state index >= 15 is 0 Å². The van der Waals surface area contributed by atoms with Crippen molar-refractivity contribution >= 4 is 27.6 Å². The van der Waals surface area contributed by atoms with Gasteiger partial charge < -0.3 is 34.0 Å². The summed E-state index contributed by atoms with van der Waals surface area (Å²) < 4.78 is 53.5. The van der Waals surface area contributed by atoms with Gasteiger partial charge in [0.2, 0.25) is 0 Å². The van der Waals surface area contributed by atoms with Crippen molar-refractivity contribution in [3.63, 3.8) is 0 Å². The van der Waals surface area contributed by atoms with Gasteiger partial charge in [0, 0.05) is 12.8 Å². The van der Waals surface area contributed by atoms with E-state index in [1.807, 2.05) is 6.08 Å². The van der Waals surface area contributed by atoms with Crippen molar-refractivity contribution in [2.45, 2.75) is 199 Å². The standard InChI is InChI=1S/C44H80O14P2/c1-4-5-6-7-8-13-17-20-25-30-41-42(58-41)31-26-22-23-27-32-43(46)53-36-40(37-56-60(51,52)55-35-39(45)34-54-59(48,49)50)57-44(47)33-28-21-18-15-12-10-9-11-14-16-19-24-29-38(2)3/h8,13,20,22,25-26,38-42,45H,4-7,9-12,14-19,21,23-24,27-37H2,1-3H3,(H,51,52)(H2,48,49,50)/b13-8-,25-20-,26-22-/t39-,40+,41?,42?/m0/s1.